The van der Waals surface area contributed by atoms with Crippen LogP contribution in [-0.4, -0.2) is 16.9 Å². The number of carbonyl (C=O) groups is 1. The number of thiazole rings is 1. The molecule has 74 valence electrons. The number of aromatic nitrogens is 1. The van der Waals surface area contributed by atoms with Crippen LogP contribution in [0.3, 0.4) is 0 Å². The largest absolute Gasteiger partial charge is 0.335 e. The molecule has 1 N–H and O–H groups in total. The fourth-order valence-corrected chi connectivity index (χ4v) is 1.52. The van der Waals surface area contributed by atoms with Gasteiger partial charge in [0.15, 0.2) is 0 Å². The molecule has 0 aliphatic heterocycles. The van der Waals surface area contributed by atoms with Crippen molar-refractivity contribution in [2.75, 3.05) is 0 Å². The minimum absolute atomic E-state index is 0.275. The van der Waals surface area contributed by atoms with Crippen LogP contribution in [0.4, 0.5) is 0 Å². The molecule has 1 amide bonds. The van der Waals surface area contributed by atoms with Crippen molar-refractivity contribution in [3.63, 3.8) is 0 Å². The zero-order valence-electron chi connectivity index (χ0n) is 8.07. The fraction of sp³-hybridized carbons (Fsp3) is 0.444. The Morgan fingerprint density at radius 1 is 1.86 bits per heavy atom. The highest BCUT2D eigenvalue weighted by atomic mass is 32.1. The van der Waals surface area contributed by atoms with Gasteiger partial charge in [-0.2, -0.15) is 5.26 Å². The van der Waals surface area contributed by atoms with Crippen LogP contribution in [0.1, 0.15) is 28.8 Å². The van der Waals surface area contributed by atoms with E-state index >= 15 is 0 Å². The molecule has 1 unspecified atom stereocenters. The van der Waals surface area contributed by atoms with E-state index in [4.69, 9.17) is 5.26 Å². The van der Waals surface area contributed by atoms with E-state index in [9.17, 15) is 4.79 Å². The Morgan fingerprint density at radius 2 is 2.57 bits per heavy atom. The average Bonchev–Trinajstić information content (AvgIpc) is 2.61. The lowest BCUT2D eigenvalue weighted by Gasteiger charge is -2.06. The summed E-state index contributed by atoms with van der Waals surface area (Å²) in [5, 5.41) is 13.8. The molecular weight excluding hydrogens is 198 g/mol. The maximum absolute atomic E-state index is 11.5. The molecule has 0 saturated heterocycles. The number of rotatable bonds is 3. The van der Waals surface area contributed by atoms with Crippen LogP contribution >= 0.6 is 11.3 Å². The summed E-state index contributed by atoms with van der Waals surface area (Å²) in [6.45, 7) is 3.68. The summed E-state index contributed by atoms with van der Waals surface area (Å²) in [5.74, 6) is -0.275. The van der Waals surface area contributed by atoms with E-state index in [1.54, 1.807) is 5.38 Å². The van der Waals surface area contributed by atoms with Gasteiger partial charge < -0.3 is 5.32 Å². The van der Waals surface area contributed by atoms with Gasteiger partial charge in [0.1, 0.15) is 11.7 Å². The van der Waals surface area contributed by atoms with Gasteiger partial charge in [-0.1, -0.05) is 6.92 Å². The Labute approximate surface area is 86.6 Å². The molecule has 1 aromatic rings. The van der Waals surface area contributed by atoms with Gasteiger partial charge in [-0.05, 0) is 13.3 Å². The van der Waals surface area contributed by atoms with Gasteiger partial charge in [0.25, 0.3) is 5.91 Å². The van der Waals surface area contributed by atoms with Gasteiger partial charge >= 0.3 is 0 Å². The Balaban J connectivity index is 2.64. The summed E-state index contributed by atoms with van der Waals surface area (Å²) in [6.07, 6.45) is 0.603. The van der Waals surface area contributed by atoms with Crippen molar-refractivity contribution >= 4 is 17.2 Å². The first-order valence-corrected chi connectivity index (χ1v) is 5.18. The van der Waals surface area contributed by atoms with Crippen LogP contribution in [0.2, 0.25) is 0 Å². The van der Waals surface area contributed by atoms with Crippen molar-refractivity contribution in [1.82, 2.24) is 10.3 Å². The lowest BCUT2D eigenvalue weighted by atomic mass is 10.2. The summed E-state index contributed by atoms with van der Waals surface area (Å²) < 4.78 is 0. The Bertz CT molecular complexity index is 366. The molecule has 0 radical (unpaired) electrons. The molecule has 1 heterocycles. The predicted octanol–water partition coefficient (Wildman–Crippen LogP) is 1.48. The Hall–Kier alpha value is -1.41. The molecule has 1 aromatic heterocycles. The van der Waals surface area contributed by atoms with Gasteiger partial charge in [-0.3, -0.25) is 4.79 Å². The summed E-state index contributed by atoms with van der Waals surface area (Å²) in [7, 11) is 0. The summed E-state index contributed by atoms with van der Waals surface area (Å²) >= 11 is 1.42. The second-order valence-electron chi connectivity index (χ2n) is 2.82. The molecule has 5 heteroatoms. The molecule has 0 saturated carbocycles. The third-order valence-electron chi connectivity index (χ3n) is 1.72. The topological polar surface area (TPSA) is 65.8 Å². The van der Waals surface area contributed by atoms with Gasteiger partial charge in [0, 0.05) is 5.38 Å². The number of hydrogen-bond acceptors (Lipinski definition) is 4. The molecule has 0 aliphatic carbocycles. The van der Waals surface area contributed by atoms with Crippen molar-refractivity contribution in [1.29, 1.82) is 5.26 Å². The molecule has 0 spiro atoms. The zero-order chi connectivity index (χ0) is 10.6. The quantitative estimate of drug-likeness (QED) is 0.820. The van der Waals surface area contributed by atoms with Crippen molar-refractivity contribution < 1.29 is 4.79 Å². The fourth-order valence-electron chi connectivity index (χ4n) is 0.926. The molecule has 1 rings (SSSR count). The van der Waals surface area contributed by atoms with E-state index in [2.05, 4.69) is 10.3 Å². The highest BCUT2D eigenvalue weighted by Gasteiger charge is 2.13. The number of nitriles is 1. The standard InChI is InChI=1S/C9H11N3OS/c1-3-7(4-10)12-9(13)8-5-14-6(2)11-8/h5,7H,3H2,1-2H3,(H,12,13). The average molecular weight is 209 g/mol. The van der Waals surface area contributed by atoms with Crippen LogP contribution in [0, 0.1) is 18.3 Å². The molecule has 0 aliphatic rings. The molecule has 1 atom stereocenters. The highest BCUT2D eigenvalue weighted by Crippen LogP contribution is 2.07. The van der Waals surface area contributed by atoms with Gasteiger partial charge in [-0.15, -0.1) is 11.3 Å². The SMILES string of the molecule is CCC(C#N)NC(=O)c1csc(C)n1. The zero-order valence-corrected chi connectivity index (χ0v) is 8.89. The molecule has 14 heavy (non-hydrogen) atoms. The highest BCUT2D eigenvalue weighted by molar-refractivity contribution is 7.09. The van der Waals surface area contributed by atoms with Crippen molar-refractivity contribution in [3.8, 4) is 6.07 Å². The minimum Gasteiger partial charge on any atom is -0.335 e. The molecule has 4 nitrogen and oxygen atoms in total. The van der Waals surface area contributed by atoms with Gasteiger partial charge in [0.2, 0.25) is 0 Å². The van der Waals surface area contributed by atoms with Crippen LogP contribution in [0.5, 0.6) is 0 Å². The van der Waals surface area contributed by atoms with Crippen molar-refractivity contribution in [3.05, 3.63) is 16.1 Å². The normalized spacial score (nSPS) is 11.8. The second kappa shape index (κ2) is 4.72. The maximum atomic E-state index is 11.5. The number of carbonyl (C=O) groups excluding carboxylic acids is 1. The van der Waals surface area contributed by atoms with Crippen LogP contribution < -0.4 is 5.32 Å². The molecule has 0 aromatic carbocycles. The first kappa shape index (κ1) is 10.7. The number of hydrogen-bond donors (Lipinski definition) is 1. The van der Waals surface area contributed by atoms with Crippen molar-refractivity contribution in [2.24, 2.45) is 0 Å². The minimum atomic E-state index is -0.426. The van der Waals surface area contributed by atoms with E-state index in [1.165, 1.54) is 11.3 Å². The first-order valence-electron chi connectivity index (χ1n) is 4.30. The third kappa shape index (κ3) is 2.54. The van der Waals surface area contributed by atoms with Gasteiger partial charge in [0.05, 0.1) is 11.1 Å². The maximum Gasteiger partial charge on any atom is 0.271 e. The van der Waals surface area contributed by atoms with E-state index in [1.807, 2.05) is 19.9 Å². The summed E-state index contributed by atoms with van der Waals surface area (Å²) in [6, 6.07) is 1.58. The van der Waals surface area contributed by atoms with E-state index < -0.39 is 6.04 Å². The molecule has 0 fully saturated rings. The second-order valence-corrected chi connectivity index (χ2v) is 3.88. The van der Waals surface area contributed by atoms with Crippen LogP contribution in [-0.2, 0) is 0 Å². The Morgan fingerprint density at radius 3 is 3.00 bits per heavy atom. The summed E-state index contributed by atoms with van der Waals surface area (Å²) in [5.41, 5.74) is 0.390. The monoisotopic (exact) mass is 209 g/mol. The summed E-state index contributed by atoms with van der Waals surface area (Å²) in [4.78, 5) is 15.5. The third-order valence-corrected chi connectivity index (χ3v) is 2.49. The number of nitrogens with one attached hydrogen (secondary N) is 1. The van der Waals surface area contributed by atoms with E-state index in [-0.39, 0.29) is 5.91 Å². The molecule has 0 bridgehead atoms. The lowest BCUT2D eigenvalue weighted by molar-refractivity contribution is 0.0940. The Kier molecular flexibility index (Phi) is 3.60. The predicted molar refractivity (Wildman–Crippen MR) is 54.0 cm³/mol. The van der Waals surface area contributed by atoms with E-state index in [0.29, 0.717) is 12.1 Å². The number of aryl methyl sites for hydroxylation is 1. The van der Waals surface area contributed by atoms with Crippen LogP contribution in [0.25, 0.3) is 0 Å². The first-order chi connectivity index (χ1) is 6.67. The van der Waals surface area contributed by atoms with Gasteiger partial charge in [-0.25, -0.2) is 4.98 Å². The van der Waals surface area contributed by atoms with Crippen molar-refractivity contribution in [2.45, 2.75) is 26.3 Å². The molecular formula is C9H11N3OS. The smallest absolute Gasteiger partial charge is 0.271 e. The number of nitrogens with zero attached hydrogens (tertiary/aromatic N) is 2. The van der Waals surface area contributed by atoms with Crippen LogP contribution in [0.15, 0.2) is 5.38 Å². The lowest BCUT2D eigenvalue weighted by Crippen LogP contribution is -2.33. The number of amides is 1. The van der Waals surface area contributed by atoms with E-state index in [0.717, 1.165) is 5.01 Å².